The maximum atomic E-state index is 12.5. The lowest BCUT2D eigenvalue weighted by molar-refractivity contribution is 0.0964. The molecule has 8 heteroatoms. The van der Waals surface area contributed by atoms with Gasteiger partial charge in [-0.25, -0.2) is 9.97 Å². The first-order chi connectivity index (χ1) is 16.1. The van der Waals surface area contributed by atoms with Crippen molar-refractivity contribution in [2.45, 2.75) is 20.1 Å². The summed E-state index contributed by atoms with van der Waals surface area (Å²) in [6.45, 7) is 5.48. The SMILES string of the molecule is CNC(=O)c1ccc(-c2cnc(N3CCOCC3)nc2)cc1NCc1cc(CO)ccc1C. The van der Waals surface area contributed by atoms with Gasteiger partial charge in [0.2, 0.25) is 5.95 Å². The molecule has 172 valence electrons. The topological polar surface area (TPSA) is 99.6 Å². The molecule has 0 aliphatic carbocycles. The summed E-state index contributed by atoms with van der Waals surface area (Å²) < 4.78 is 5.39. The third-order valence-corrected chi connectivity index (χ3v) is 5.82. The summed E-state index contributed by atoms with van der Waals surface area (Å²) in [6.07, 6.45) is 3.62. The number of hydrogen-bond acceptors (Lipinski definition) is 7. The van der Waals surface area contributed by atoms with E-state index < -0.39 is 0 Å². The van der Waals surface area contributed by atoms with Gasteiger partial charge in [0.15, 0.2) is 0 Å². The second-order valence-electron chi connectivity index (χ2n) is 7.98. The highest BCUT2D eigenvalue weighted by Gasteiger charge is 2.15. The van der Waals surface area contributed by atoms with Crippen molar-refractivity contribution in [2.75, 3.05) is 43.6 Å². The first-order valence-corrected chi connectivity index (χ1v) is 11.0. The summed E-state index contributed by atoms with van der Waals surface area (Å²) in [6, 6.07) is 11.5. The highest BCUT2D eigenvalue weighted by molar-refractivity contribution is 6.00. The molecular weight excluding hydrogens is 418 g/mol. The van der Waals surface area contributed by atoms with Crippen LogP contribution in [0, 0.1) is 6.92 Å². The van der Waals surface area contributed by atoms with Gasteiger partial charge in [0.1, 0.15) is 0 Å². The van der Waals surface area contributed by atoms with Crippen LogP contribution in [0.1, 0.15) is 27.0 Å². The molecule has 2 aromatic carbocycles. The smallest absolute Gasteiger partial charge is 0.253 e. The van der Waals surface area contributed by atoms with Gasteiger partial charge in [-0.1, -0.05) is 24.3 Å². The van der Waals surface area contributed by atoms with Crippen molar-refractivity contribution in [3.8, 4) is 11.1 Å². The number of benzene rings is 2. The zero-order valence-electron chi connectivity index (χ0n) is 19.0. The van der Waals surface area contributed by atoms with Crippen LogP contribution in [0.15, 0.2) is 48.8 Å². The minimum atomic E-state index is -0.163. The van der Waals surface area contributed by atoms with Gasteiger partial charge in [0.25, 0.3) is 5.91 Å². The van der Waals surface area contributed by atoms with E-state index in [2.05, 4.69) is 25.5 Å². The summed E-state index contributed by atoms with van der Waals surface area (Å²) in [7, 11) is 1.62. The molecule has 0 bridgehead atoms. The van der Waals surface area contributed by atoms with Crippen molar-refractivity contribution in [1.82, 2.24) is 15.3 Å². The molecule has 0 atom stereocenters. The average molecular weight is 448 g/mol. The van der Waals surface area contributed by atoms with E-state index in [0.29, 0.717) is 31.3 Å². The van der Waals surface area contributed by atoms with Crippen LogP contribution in [-0.2, 0) is 17.9 Å². The van der Waals surface area contributed by atoms with Crippen LogP contribution in [-0.4, -0.2) is 54.3 Å². The second kappa shape index (κ2) is 10.4. The molecule has 0 unspecified atom stereocenters. The van der Waals surface area contributed by atoms with Crippen LogP contribution in [0.5, 0.6) is 0 Å². The minimum Gasteiger partial charge on any atom is -0.392 e. The second-order valence-corrected chi connectivity index (χ2v) is 7.98. The van der Waals surface area contributed by atoms with E-state index in [1.54, 1.807) is 7.05 Å². The number of aromatic nitrogens is 2. The summed E-state index contributed by atoms with van der Waals surface area (Å²) in [5.41, 5.74) is 6.10. The number of hydrogen-bond donors (Lipinski definition) is 3. The number of carbonyl (C=O) groups is 1. The van der Waals surface area contributed by atoms with Crippen molar-refractivity contribution in [3.63, 3.8) is 0 Å². The zero-order chi connectivity index (χ0) is 23.2. The predicted octanol–water partition coefficient (Wildman–Crippen LogP) is 2.75. The van der Waals surface area contributed by atoms with Crippen molar-refractivity contribution < 1.29 is 14.6 Å². The molecule has 1 saturated heterocycles. The van der Waals surface area contributed by atoms with Crippen molar-refractivity contribution in [2.24, 2.45) is 0 Å². The first kappa shape index (κ1) is 22.7. The Balaban J connectivity index is 1.59. The Morgan fingerprint density at radius 2 is 1.85 bits per heavy atom. The van der Waals surface area contributed by atoms with Crippen LogP contribution in [0.3, 0.4) is 0 Å². The molecule has 1 amide bonds. The average Bonchev–Trinajstić information content (AvgIpc) is 2.88. The number of aliphatic hydroxyl groups excluding tert-OH is 1. The lowest BCUT2D eigenvalue weighted by Crippen LogP contribution is -2.37. The van der Waals surface area contributed by atoms with E-state index in [1.807, 2.05) is 55.7 Å². The Kier molecular flexibility index (Phi) is 7.16. The van der Waals surface area contributed by atoms with Gasteiger partial charge in [-0.15, -0.1) is 0 Å². The summed E-state index contributed by atoms with van der Waals surface area (Å²) >= 11 is 0. The molecule has 3 N–H and O–H groups in total. The number of nitrogens with zero attached hydrogens (tertiary/aromatic N) is 3. The lowest BCUT2D eigenvalue weighted by Gasteiger charge is -2.26. The van der Waals surface area contributed by atoms with Crippen LogP contribution >= 0.6 is 0 Å². The highest BCUT2D eigenvalue weighted by atomic mass is 16.5. The molecule has 33 heavy (non-hydrogen) atoms. The van der Waals surface area contributed by atoms with Crippen LogP contribution in [0.25, 0.3) is 11.1 Å². The molecule has 8 nitrogen and oxygen atoms in total. The fourth-order valence-corrected chi connectivity index (χ4v) is 3.80. The Morgan fingerprint density at radius 1 is 1.09 bits per heavy atom. The molecule has 0 spiro atoms. The number of carbonyl (C=O) groups excluding carboxylic acids is 1. The first-order valence-electron chi connectivity index (χ1n) is 11.0. The molecule has 1 fully saturated rings. The maximum Gasteiger partial charge on any atom is 0.253 e. The molecule has 2 heterocycles. The van der Waals surface area contributed by atoms with E-state index in [9.17, 15) is 9.90 Å². The molecule has 0 radical (unpaired) electrons. The largest absolute Gasteiger partial charge is 0.392 e. The summed E-state index contributed by atoms with van der Waals surface area (Å²) in [5, 5.41) is 15.6. The predicted molar refractivity (Wildman–Crippen MR) is 128 cm³/mol. The monoisotopic (exact) mass is 447 g/mol. The molecule has 3 aromatic rings. The molecule has 1 aliphatic heterocycles. The van der Waals surface area contributed by atoms with E-state index in [4.69, 9.17) is 4.74 Å². The number of anilines is 2. The number of morpholine rings is 1. The third-order valence-electron chi connectivity index (χ3n) is 5.82. The van der Waals surface area contributed by atoms with Crippen LogP contribution in [0.4, 0.5) is 11.6 Å². The van der Waals surface area contributed by atoms with Crippen LogP contribution in [0.2, 0.25) is 0 Å². The van der Waals surface area contributed by atoms with Gasteiger partial charge >= 0.3 is 0 Å². The lowest BCUT2D eigenvalue weighted by atomic mass is 10.0. The van der Waals surface area contributed by atoms with Gasteiger partial charge in [-0.3, -0.25) is 4.79 Å². The van der Waals surface area contributed by atoms with Gasteiger partial charge in [0, 0.05) is 50.3 Å². The third kappa shape index (κ3) is 5.30. The molecular formula is C25H29N5O3. The highest BCUT2D eigenvalue weighted by Crippen LogP contribution is 2.27. The summed E-state index contributed by atoms with van der Waals surface area (Å²) in [5.74, 6) is 0.533. The van der Waals surface area contributed by atoms with Gasteiger partial charge in [-0.05, 0) is 41.3 Å². The Hall–Kier alpha value is -3.49. The minimum absolute atomic E-state index is 0.00724. The quantitative estimate of drug-likeness (QED) is 0.512. The number of rotatable bonds is 7. The number of aliphatic hydroxyl groups is 1. The molecule has 1 aromatic heterocycles. The standard InChI is InChI=1S/C25H29N5O3/c1-17-3-4-18(16-31)11-20(17)13-27-23-12-19(5-6-22(23)24(32)26-2)21-14-28-25(29-15-21)30-7-9-33-10-8-30/h3-6,11-12,14-15,27,31H,7-10,13,16H2,1-2H3,(H,26,32). The van der Waals surface area contributed by atoms with Crippen molar-refractivity contribution in [1.29, 1.82) is 0 Å². The molecule has 0 saturated carbocycles. The maximum absolute atomic E-state index is 12.5. The number of ether oxygens (including phenoxy) is 1. The van der Waals surface area contributed by atoms with Crippen molar-refractivity contribution >= 4 is 17.5 Å². The van der Waals surface area contributed by atoms with E-state index in [-0.39, 0.29) is 12.5 Å². The fraction of sp³-hybridized carbons (Fsp3) is 0.320. The van der Waals surface area contributed by atoms with E-state index in [0.717, 1.165) is 46.6 Å². The Labute approximate surface area is 193 Å². The number of aryl methyl sites for hydroxylation is 1. The van der Waals surface area contributed by atoms with E-state index in [1.165, 1.54) is 0 Å². The van der Waals surface area contributed by atoms with Crippen LogP contribution < -0.4 is 15.5 Å². The fourth-order valence-electron chi connectivity index (χ4n) is 3.80. The van der Waals surface area contributed by atoms with Gasteiger partial charge < -0.3 is 25.4 Å². The Bertz CT molecular complexity index is 1110. The molecule has 4 rings (SSSR count). The van der Waals surface area contributed by atoms with Gasteiger partial charge in [-0.2, -0.15) is 0 Å². The molecule has 1 aliphatic rings. The normalized spacial score (nSPS) is 13.6. The van der Waals surface area contributed by atoms with Gasteiger partial charge in [0.05, 0.1) is 25.4 Å². The summed E-state index contributed by atoms with van der Waals surface area (Å²) in [4.78, 5) is 23.6. The number of nitrogens with one attached hydrogen (secondary N) is 2. The van der Waals surface area contributed by atoms with Crippen molar-refractivity contribution in [3.05, 3.63) is 71.0 Å². The Morgan fingerprint density at radius 3 is 2.55 bits per heavy atom. The van der Waals surface area contributed by atoms with E-state index >= 15 is 0 Å². The zero-order valence-corrected chi connectivity index (χ0v) is 19.0. The number of amides is 1.